The summed E-state index contributed by atoms with van der Waals surface area (Å²) in [5.74, 6) is 0.699. The van der Waals surface area contributed by atoms with Crippen LogP contribution in [0.2, 0.25) is 0 Å². The third kappa shape index (κ3) is 5.07. The highest BCUT2D eigenvalue weighted by Gasteiger charge is 2.14. The van der Waals surface area contributed by atoms with Gasteiger partial charge in [-0.15, -0.1) is 0 Å². The summed E-state index contributed by atoms with van der Waals surface area (Å²) < 4.78 is 15.7. The monoisotopic (exact) mass is 285 g/mol. The van der Waals surface area contributed by atoms with Crippen molar-refractivity contribution < 1.29 is 19.0 Å². The Kier molecular flexibility index (Phi) is 6.23. The number of amidine groups is 1. The van der Waals surface area contributed by atoms with Crippen molar-refractivity contribution in [3.05, 3.63) is 0 Å². The second-order valence-corrected chi connectivity index (χ2v) is 4.83. The molecule has 2 aliphatic heterocycles. The molecule has 0 aromatic heterocycles. The number of rotatable bonds is 3. The van der Waals surface area contributed by atoms with Crippen LogP contribution in [0.4, 0.5) is 4.79 Å². The van der Waals surface area contributed by atoms with Crippen LogP contribution in [0.1, 0.15) is 6.92 Å². The zero-order valence-electron chi connectivity index (χ0n) is 12.0. The zero-order chi connectivity index (χ0) is 14.2. The Morgan fingerprint density at radius 2 is 1.70 bits per heavy atom. The Hall–Kier alpha value is -1.18. The Morgan fingerprint density at radius 3 is 2.35 bits per heavy atom. The number of aliphatic imine (C=N–C) groups is 1. The highest BCUT2D eigenvalue weighted by molar-refractivity contribution is 5.90. The van der Waals surface area contributed by atoms with Crippen LogP contribution in [-0.4, -0.2) is 87.5 Å². The number of amides is 1. The molecule has 1 amide bonds. The number of hydrogen-bond donors (Lipinski definition) is 0. The molecule has 0 aromatic carbocycles. The second kappa shape index (κ2) is 8.18. The van der Waals surface area contributed by atoms with Crippen molar-refractivity contribution in [1.29, 1.82) is 0 Å². The number of carbonyl (C=O) groups is 1. The fourth-order valence-corrected chi connectivity index (χ4v) is 2.21. The van der Waals surface area contributed by atoms with E-state index in [2.05, 4.69) is 9.89 Å². The van der Waals surface area contributed by atoms with Crippen molar-refractivity contribution >= 4 is 11.9 Å². The third-order valence-electron chi connectivity index (χ3n) is 3.46. The van der Waals surface area contributed by atoms with Crippen molar-refractivity contribution in [2.45, 2.75) is 6.92 Å². The summed E-state index contributed by atoms with van der Waals surface area (Å²) in [5.41, 5.74) is 0. The quantitative estimate of drug-likeness (QED) is 0.545. The first-order valence-corrected chi connectivity index (χ1v) is 7.10. The molecule has 2 heterocycles. The summed E-state index contributed by atoms with van der Waals surface area (Å²) in [6.07, 6.45) is -0.512. The molecule has 114 valence electrons. The molecule has 2 aliphatic rings. The van der Waals surface area contributed by atoms with Gasteiger partial charge in [0.05, 0.1) is 26.4 Å². The van der Waals surface area contributed by atoms with E-state index in [1.807, 2.05) is 11.8 Å². The molecule has 0 radical (unpaired) electrons. The van der Waals surface area contributed by atoms with Gasteiger partial charge in [-0.2, -0.15) is 4.99 Å². The summed E-state index contributed by atoms with van der Waals surface area (Å²) in [6, 6.07) is 0. The van der Waals surface area contributed by atoms with Gasteiger partial charge < -0.3 is 19.1 Å². The minimum Gasteiger partial charge on any atom is -0.447 e. The number of nitrogens with zero attached hydrogens (tertiary/aromatic N) is 3. The molecule has 2 rings (SSSR count). The van der Waals surface area contributed by atoms with Crippen LogP contribution in [-0.2, 0) is 14.2 Å². The molecule has 0 spiro atoms. The van der Waals surface area contributed by atoms with Crippen LogP contribution in [0.5, 0.6) is 0 Å². The Bertz CT molecular complexity index is 337. The molecule has 0 saturated carbocycles. The van der Waals surface area contributed by atoms with E-state index in [1.54, 1.807) is 0 Å². The standard InChI is InChI=1S/C13H23N3O4/c1-12(16-5-9-19-10-6-16)14-13(17)20-11-4-15-2-7-18-8-3-15/h2-11H2,1H3/b14-12-. The number of carbonyl (C=O) groups excluding carboxylic acids is 1. The molecular formula is C13H23N3O4. The van der Waals surface area contributed by atoms with Crippen molar-refractivity contribution in [2.75, 3.05) is 65.8 Å². The first-order chi connectivity index (χ1) is 9.75. The maximum absolute atomic E-state index is 11.6. The van der Waals surface area contributed by atoms with Crippen molar-refractivity contribution in [2.24, 2.45) is 4.99 Å². The van der Waals surface area contributed by atoms with E-state index in [9.17, 15) is 4.79 Å². The lowest BCUT2D eigenvalue weighted by Gasteiger charge is -2.28. The first kappa shape index (κ1) is 15.2. The van der Waals surface area contributed by atoms with Crippen LogP contribution in [0.25, 0.3) is 0 Å². The molecule has 2 fully saturated rings. The molecule has 0 aliphatic carbocycles. The molecule has 0 N–H and O–H groups in total. The highest BCUT2D eigenvalue weighted by atomic mass is 16.5. The number of hydrogen-bond acceptors (Lipinski definition) is 5. The van der Waals surface area contributed by atoms with Gasteiger partial charge in [0, 0.05) is 32.7 Å². The summed E-state index contributed by atoms with van der Waals surface area (Å²) in [6.45, 7) is 9.14. The van der Waals surface area contributed by atoms with E-state index in [1.165, 1.54) is 0 Å². The van der Waals surface area contributed by atoms with E-state index >= 15 is 0 Å². The van der Waals surface area contributed by atoms with Gasteiger partial charge in [0.1, 0.15) is 12.4 Å². The molecule has 7 nitrogen and oxygen atoms in total. The zero-order valence-corrected chi connectivity index (χ0v) is 12.0. The molecule has 0 aromatic rings. The smallest absolute Gasteiger partial charge is 0.435 e. The van der Waals surface area contributed by atoms with Gasteiger partial charge in [-0.3, -0.25) is 4.90 Å². The number of morpholine rings is 2. The van der Waals surface area contributed by atoms with Gasteiger partial charge in [-0.05, 0) is 6.92 Å². The summed E-state index contributed by atoms with van der Waals surface area (Å²) in [4.78, 5) is 19.8. The van der Waals surface area contributed by atoms with E-state index in [0.29, 0.717) is 25.7 Å². The number of ether oxygens (including phenoxy) is 3. The first-order valence-electron chi connectivity index (χ1n) is 7.10. The molecule has 2 saturated heterocycles. The van der Waals surface area contributed by atoms with E-state index in [4.69, 9.17) is 14.2 Å². The Morgan fingerprint density at radius 1 is 1.10 bits per heavy atom. The van der Waals surface area contributed by atoms with Crippen LogP contribution < -0.4 is 0 Å². The fraction of sp³-hybridized carbons (Fsp3) is 0.846. The average molecular weight is 285 g/mol. The molecule has 0 unspecified atom stereocenters. The predicted molar refractivity (Wildman–Crippen MR) is 74.1 cm³/mol. The molecule has 0 atom stereocenters. The molecule has 20 heavy (non-hydrogen) atoms. The maximum atomic E-state index is 11.6. The SMILES string of the molecule is C/C(=N/C(=O)OCCN1CCOCC1)N1CCOCC1. The van der Waals surface area contributed by atoms with E-state index in [-0.39, 0.29) is 0 Å². The van der Waals surface area contributed by atoms with Gasteiger partial charge in [0.15, 0.2) is 0 Å². The molecule has 7 heteroatoms. The van der Waals surface area contributed by atoms with E-state index < -0.39 is 6.09 Å². The molecule has 0 bridgehead atoms. The van der Waals surface area contributed by atoms with Gasteiger partial charge in [0.25, 0.3) is 0 Å². The van der Waals surface area contributed by atoms with Gasteiger partial charge >= 0.3 is 6.09 Å². The Labute approximate surface area is 119 Å². The third-order valence-corrected chi connectivity index (χ3v) is 3.46. The highest BCUT2D eigenvalue weighted by Crippen LogP contribution is 2.00. The lowest BCUT2D eigenvalue weighted by molar-refractivity contribution is 0.0287. The summed E-state index contributed by atoms with van der Waals surface area (Å²) >= 11 is 0. The average Bonchev–Trinajstić information content (AvgIpc) is 2.49. The van der Waals surface area contributed by atoms with Crippen molar-refractivity contribution in [1.82, 2.24) is 9.80 Å². The Balaban J connectivity index is 1.65. The fourth-order valence-electron chi connectivity index (χ4n) is 2.21. The van der Waals surface area contributed by atoms with Gasteiger partial charge in [-0.25, -0.2) is 4.79 Å². The molecular weight excluding hydrogens is 262 g/mol. The maximum Gasteiger partial charge on any atom is 0.435 e. The van der Waals surface area contributed by atoms with Gasteiger partial charge in [0.2, 0.25) is 0 Å². The summed E-state index contributed by atoms with van der Waals surface area (Å²) in [5, 5.41) is 0. The van der Waals surface area contributed by atoms with Crippen LogP contribution in [0.15, 0.2) is 4.99 Å². The predicted octanol–water partition coefficient (Wildman–Crippen LogP) is 0.206. The van der Waals surface area contributed by atoms with Crippen molar-refractivity contribution in [3.63, 3.8) is 0 Å². The lowest BCUT2D eigenvalue weighted by atomic mass is 10.4. The second-order valence-electron chi connectivity index (χ2n) is 4.83. The van der Waals surface area contributed by atoms with Crippen LogP contribution in [0.3, 0.4) is 0 Å². The van der Waals surface area contributed by atoms with Gasteiger partial charge in [-0.1, -0.05) is 0 Å². The summed E-state index contributed by atoms with van der Waals surface area (Å²) in [7, 11) is 0. The van der Waals surface area contributed by atoms with Crippen LogP contribution in [0, 0.1) is 0 Å². The van der Waals surface area contributed by atoms with Crippen LogP contribution >= 0.6 is 0 Å². The largest absolute Gasteiger partial charge is 0.447 e. The lowest BCUT2D eigenvalue weighted by Crippen LogP contribution is -2.40. The minimum absolute atomic E-state index is 0.374. The van der Waals surface area contributed by atoms with Crippen molar-refractivity contribution in [3.8, 4) is 0 Å². The topological polar surface area (TPSA) is 63.6 Å². The minimum atomic E-state index is -0.512. The normalized spacial score (nSPS) is 21.9. The van der Waals surface area contributed by atoms with E-state index in [0.717, 1.165) is 45.9 Å².